The van der Waals surface area contributed by atoms with Crippen LogP contribution in [0.3, 0.4) is 0 Å². The lowest BCUT2D eigenvalue weighted by molar-refractivity contribution is -0.160. The molecular weight excluding hydrogens is 388 g/mol. The van der Waals surface area contributed by atoms with Crippen LogP contribution in [0.4, 0.5) is 0 Å². The third-order valence-corrected chi connectivity index (χ3v) is 7.40. The van der Waals surface area contributed by atoms with Crippen molar-refractivity contribution in [3.63, 3.8) is 0 Å². The highest BCUT2D eigenvalue weighted by Gasteiger charge is 2.33. The van der Waals surface area contributed by atoms with Crippen molar-refractivity contribution in [2.75, 3.05) is 13.1 Å². The molecule has 1 aliphatic carbocycles. The number of amides is 2. The quantitative estimate of drug-likeness (QED) is 0.740. The zero-order chi connectivity index (χ0) is 21.0. The lowest BCUT2D eigenvalue weighted by atomic mass is 9.78. The van der Waals surface area contributed by atoms with E-state index in [2.05, 4.69) is 19.2 Å². The summed E-state index contributed by atoms with van der Waals surface area (Å²) in [7, 11) is 0. The first-order chi connectivity index (χ1) is 13.9. The third-order valence-electron chi connectivity index (χ3n) is 6.54. The number of esters is 1. The number of hydrogen-bond acceptors (Lipinski definition) is 5. The predicted molar refractivity (Wildman–Crippen MR) is 113 cm³/mol. The van der Waals surface area contributed by atoms with Crippen molar-refractivity contribution < 1.29 is 19.1 Å². The Bertz CT molecular complexity index is 712. The van der Waals surface area contributed by atoms with Crippen LogP contribution >= 0.6 is 11.3 Å². The Morgan fingerprint density at radius 2 is 1.90 bits per heavy atom. The molecule has 1 aliphatic heterocycles. The van der Waals surface area contributed by atoms with Gasteiger partial charge in [0.15, 0.2) is 6.10 Å². The maximum Gasteiger partial charge on any atom is 0.309 e. The molecule has 0 unspecified atom stereocenters. The number of piperidine rings is 1. The Morgan fingerprint density at radius 3 is 2.55 bits per heavy atom. The predicted octanol–water partition coefficient (Wildman–Crippen LogP) is 3.47. The molecule has 0 aromatic carbocycles. The van der Waals surface area contributed by atoms with Crippen LogP contribution in [-0.4, -0.2) is 47.9 Å². The minimum atomic E-state index is -0.794. The third kappa shape index (κ3) is 5.38. The maximum atomic E-state index is 12.5. The van der Waals surface area contributed by atoms with Crippen LogP contribution in [-0.2, 0) is 14.3 Å². The molecule has 2 fully saturated rings. The fraction of sp³-hybridized carbons (Fsp3) is 0.682. The van der Waals surface area contributed by atoms with Gasteiger partial charge in [-0.15, -0.1) is 11.3 Å². The molecule has 0 bridgehead atoms. The van der Waals surface area contributed by atoms with Crippen LogP contribution in [0, 0.1) is 17.8 Å². The first-order valence-electron chi connectivity index (χ1n) is 10.7. The number of carbonyl (C=O) groups is 3. The average Bonchev–Trinajstić information content (AvgIpc) is 3.25. The monoisotopic (exact) mass is 420 g/mol. The lowest BCUT2D eigenvalue weighted by Crippen LogP contribution is -2.48. The Morgan fingerprint density at radius 1 is 1.17 bits per heavy atom. The lowest BCUT2D eigenvalue weighted by Gasteiger charge is -2.35. The second kappa shape index (κ2) is 9.74. The summed E-state index contributed by atoms with van der Waals surface area (Å²) in [6, 6.07) is 3.84. The molecule has 6 nitrogen and oxygen atoms in total. The largest absolute Gasteiger partial charge is 0.452 e. The van der Waals surface area contributed by atoms with E-state index in [1.54, 1.807) is 11.8 Å². The van der Waals surface area contributed by atoms with Crippen molar-refractivity contribution in [1.29, 1.82) is 0 Å². The van der Waals surface area contributed by atoms with Gasteiger partial charge in [-0.1, -0.05) is 32.8 Å². The Hall–Kier alpha value is -1.89. The molecule has 2 amide bonds. The van der Waals surface area contributed by atoms with E-state index in [0.29, 0.717) is 37.8 Å². The van der Waals surface area contributed by atoms with Crippen molar-refractivity contribution in [3.05, 3.63) is 22.4 Å². The van der Waals surface area contributed by atoms with Crippen LogP contribution in [0.2, 0.25) is 0 Å². The number of likely N-dealkylation sites (tertiary alicyclic amines) is 1. The van der Waals surface area contributed by atoms with Gasteiger partial charge in [0.1, 0.15) is 0 Å². The molecule has 3 rings (SSSR count). The molecule has 0 radical (unpaired) electrons. The number of carbonyl (C=O) groups excluding carboxylic acids is 3. The van der Waals surface area contributed by atoms with Crippen molar-refractivity contribution >= 4 is 29.1 Å². The van der Waals surface area contributed by atoms with Crippen LogP contribution in [0.1, 0.15) is 62.5 Å². The standard InChI is InChI=1S/C22H32N2O4S/c1-14-6-4-7-18(15(14)2)23-20(25)16(3)28-22(27)17-9-11-24(12-10-17)21(26)19-8-5-13-29-19/h5,8,13-18H,4,6-7,9-12H2,1-3H3,(H,23,25)/t14-,15+,16+,18-/m0/s1. The Kier molecular flexibility index (Phi) is 7.33. The van der Waals surface area contributed by atoms with E-state index in [1.165, 1.54) is 17.8 Å². The van der Waals surface area contributed by atoms with Crippen LogP contribution in [0.15, 0.2) is 17.5 Å². The van der Waals surface area contributed by atoms with E-state index in [9.17, 15) is 14.4 Å². The summed E-state index contributed by atoms with van der Waals surface area (Å²) in [5, 5.41) is 4.96. The molecule has 2 heterocycles. The van der Waals surface area contributed by atoms with Gasteiger partial charge in [-0.3, -0.25) is 14.4 Å². The van der Waals surface area contributed by atoms with Gasteiger partial charge in [-0.05, 0) is 49.5 Å². The van der Waals surface area contributed by atoms with Gasteiger partial charge < -0.3 is 15.0 Å². The average molecular weight is 421 g/mol. The second-order valence-corrected chi connectivity index (χ2v) is 9.45. The van der Waals surface area contributed by atoms with Crippen LogP contribution in [0.5, 0.6) is 0 Å². The molecule has 1 saturated heterocycles. The fourth-order valence-electron chi connectivity index (χ4n) is 4.28. The topological polar surface area (TPSA) is 75.7 Å². The zero-order valence-electron chi connectivity index (χ0n) is 17.6. The van der Waals surface area contributed by atoms with Crippen LogP contribution < -0.4 is 5.32 Å². The Labute approximate surface area is 177 Å². The Balaban J connectivity index is 1.44. The number of hydrogen-bond donors (Lipinski definition) is 1. The minimum Gasteiger partial charge on any atom is -0.452 e. The van der Waals surface area contributed by atoms with Crippen molar-refractivity contribution in [2.24, 2.45) is 17.8 Å². The van der Waals surface area contributed by atoms with E-state index < -0.39 is 6.10 Å². The van der Waals surface area contributed by atoms with E-state index in [0.717, 1.165) is 17.7 Å². The molecule has 7 heteroatoms. The number of ether oxygens (including phenoxy) is 1. The van der Waals surface area contributed by atoms with E-state index in [-0.39, 0.29) is 29.7 Å². The highest BCUT2D eigenvalue weighted by molar-refractivity contribution is 7.12. The van der Waals surface area contributed by atoms with Gasteiger partial charge in [0.2, 0.25) is 0 Å². The van der Waals surface area contributed by atoms with Gasteiger partial charge in [0, 0.05) is 19.1 Å². The highest BCUT2D eigenvalue weighted by atomic mass is 32.1. The first kappa shape index (κ1) is 21.8. The summed E-state index contributed by atoms with van der Waals surface area (Å²) in [5.41, 5.74) is 0. The molecule has 4 atom stereocenters. The van der Waals surface area contributed by atoms with Gasteiger partial charge >= 0.3 is 5.97 Å². The van der Waals surface area contributed by atoms with Gasteiger partial charge in [-0.25, -0.2) is 0 Å². The number of rotatable bonds is 5. The van der Waals surface area contributed by atoms with E-state index in [4.69, 9.17) is 4.74 Å². The van der Waals surface area contributed by atoms with Crippen molar-refractivity contribution in [1.82, 2.24) is 10.2 Å². The summed E-state index contributed by atoms with van der Waals surface area (Å²) in [4.78, 5) is 40.0. The van der Waals surface area contributed by atoms with Gasteiger partial charge in [-0.2, -0.15) is 0 Å². The maximum absolute atomic E-state index is 12.5. The normalized spacial score (nSPS) is 26.6. The summed E-state index contributed by atoms with van der Waals surface area (Å²) >= 11 is 1.43. The molecule has 160 valence electrons. The summed E-state index contributed by atoms with van der Waals surface area (Å²) in [6.07, 6.45) is 3.65. The summed E-state index contributed by atoms with van der Waals surface area (Å²) in [5.74, 6) is 0.243. The summed E-state index contributed by atoms with van der Waals surface area (Å²) in [6.45, 7) is 7.11. The summed E-state index contributed by atoms with van der Waals surface area (Å²) < 4.78 is 5.47. The van der Waals surface area contributed by atoms with Gasteiger partial charge in [0.25, 0.3) is 11.8 Å². The van der Waals surface area contributed by atoms with Crippen molar-refractivity contribution in [3.8, 4) is 0 Å². The molecular formula is C22H32N2O4S. The van der Waals surface area contributed by atoms with Crippen molar-refractivity contribution in [2.45, 2.75) is 65.0 Å². The molecule has 1 aromatic heterocycles. The zero-order valence-corrected chi connectivity index (χ0v) is 18.4. The molecule has 0 spiro atoms. The SMILES string of the molecule is C[C@H]1[C@@H](NC(=O)[C@@H](C)OC(=O)C2CCN(C(=O)c3cccs3)CC2)CCC[C@@H]1C. The molecule has 29 heavy (non-hydrogen) atoms. The number of nitrogens with one attached hydrogen (secondary N) is 1. The second-order valence-electron chi connectivity index (χ2n) is 8.51. The van der Waals surface area contributed by atoms with E-state index >= 15 is 0 Å². The van der Waals surface area contributed by atoms with E-state index in [1.807, 2.05) is 17.5 Å². The molecule has 2 aliphatic rings. The number of nitrogens with zero attached hydrogens (tertiary/aromatic N) is 1. The highest BCUT2D eigenvalue weighted by Crippen LogP contribution is 2.29. The van der Waals surface area contributed by atoms with Crippen LogP contribution in [0.25, 0.3) is 0 Å². The molecule has 1 aromatic rings. The molecule has 1 N–H and O–H groups in total. The van der Waals surface area contributed by atoms with Gasteiger partial charge in [0.05, 0.1) is 10.8 Å². The first-order valence-corrected chi connectivity index (χ1v) is 11.6. The minimum absolute atomic E-state index is 0.0235. The number of thiophene rings is 1. The smallest absolute Gasteiger partial charge is 0.309 e. The molecule has 1 saturated carbocycles. The fourth-order valence-corrected chi connectivity index (χ4v) is 4.97.